The number of benzene rings is 1. The van der Waals surface area contributed by atoms with Gasteiger partial charge < -0.3 is 24.9 Å². The number of aromatic nitrogens is 2. The highest BCUT2D eigenvalue weighted by Crippen LogP contribution is 2.38. The molecule has 0 bridgehead atoms. The fourth-order valence-corrected chi connectivity index (χ4v) is 3.51. The summed E-state index contributed by atoms with van der Waals surface area (Å²) in [6, 6.07) is 3.52. The highest BCUT2D eigenvalue weighted by molar-refractivity contribution is 5.94. The number of rotatable bonds is 9. The molecule has 0 saturated heterocycles. The van der Waals surface area contributed by atoms with Gasteiger partial charge in [-0.05, 0) is 36.3 Å². The zero-order chi connectivity index (χ0) is 20.1. The van der Waals surface area contributed by atoms with Crippen LogP contribution in [-0.2, 0) is 17.6 Å². The third-order valence-electron chi connectivity index (χ3n) is 4.65. The summed E-state index contributed by atoms with van der Waals surface area (Å²) in [5.74, 6) is 0.123. The molecule has 8 nitrogen and oxygen atoms in total. The number of H-pyrrole nitrogens is 1. The quantitative estimate of drug-likeness (QED) is 0.609. The monoisotopic (exact) mass is 387 g/mol. The van der Waals surface area contributed by atoms with Crippen LogP contribution in [0.3, 0.4) is 0 Å². The number of hydrogen-bond acceptors (Lipinski definition) is 5. The number of fused-ring (bicyclic) bond motifs is 1. The summed E-state index contributed by atoms with van der Waals surface area (Å²) >= 11 is 0. The summed E-state index contributed by atoms with van der Waals surface area (Å²) in [6.07, 6.45) is 4.78. The van der Waals surface area contributed by atoms with E-state index >= 15 is 0 Å². The van der Waals surface area contributed by atoms with Crippen molar-refractivity contribution in [2.45, 2.75) is 33.1 Å². The first-order valence-corrected chi connectivity index (χ1v) is 9.32. The Bertz CT molecular complexity index is 833. The van der Waals surface area contributed by atoms with Gasteiger partial charge in [0.05, 0.1) is 12.7 Å². The highest BCUT2D eigenvalue weighted by Gasteiger charge is 2.27. The molecule has 28 heavy (non-hydrogen) atoms. The number of imidazole rings is 1. The third kappa shape index (κ3) is 4.82. The molecule has 1 aliphatic heterocycles. The minimum atomic E-state index is -1.04. The van der Waals surface area contributed by atoms with E-state index in [9.17, 15) is 14.7 Å². The molecule has 0 unspecified atom stereocenters. The lowest BCUT2D eigenvalue weighted by Crippen LogP contribution is -2.32. The predicted octanol–water partition coefficient (Wildman–Crippen LogP) is 2.40. The first kappa shape index (κ1) is 19.7. The van der Waals surface area contributed by atoms with E-state index in [-0.39, 0.29) is 36.4 Å². The van der Waals surface area contributed by atoms with Crippen LogP contribution in [-0.4, -0.2) is 40.3 Å². The lowest BCUT2D eigenvalue weighted by Gasteiger charge is -2.21. The maximum absolute atomic E-state index is 12.2. The zero-order valence-corrected chi connectivity index (χ0v) is 16.0. The van der Waals surface area contributed by atoms with E-state index in [1.54, 1.807) is 18.3 Å². The number of amides is 1. The van der Waals surface area contributed by atoms with Gasteiger partial charge in [0.2, 0.25) is 12.7 Å². The van der Waals surface area contributed by atoms with Crippen LogP contribution in [0.2, 0.25) is 0 Å². The molecule has 1 amide bonds. The number of carbonyl (C=O) groups excluding carboxylic acids is 1. The zero-order valence-electron chi connectivity index (χ0n) is 16.0. The van der Waals surface area contributed by atoms with Crippen molar-refractivity contribution in [2.75, 3.05) is 13.3 Å². The number of carboxylic acid groups (broad SMARTS) is 1. The lowest BCUT2D eigenvalue weighted by molar-refractivity contribution is -0.120. The molecule has 2 aromatic rings. The van der Waals surface area contributed by atoms with Crippen LogP contribution >= 0.6 is 0 Å². The highest BCUT2D eigenvalue weighted by atomic mass is 16.7. The second-order valence-electron chi connectivity index (χ2n) is 7.40. The first-order valence-electron chi connectivity index (χ1n) is 9.32. The SMILES string of the molecule is CC(C)C[C@H](CNC(=O)Cc1cnc[nH]1)Cc1ccc2c(c1C(=O)O)OCO2. The number of ether oxygens (including phenoxy) is 2. The van der Waals surface area contributed by atoms with Crippen molar-refractivity contribution in [3.05, 3.63) is 41.5 Å². The number of nitrogens with zero attached hydrogens (tertiary/aromatic N) is 1. The van der Waals surface area contributed by atoms with Gasteiger partial charge in [0, 0.05) is 18.4 Å². The Morgan fingerprint density at radius 3 is 2.82 bits per heavy atom. The molecule has 0 aliphatic carbocycles. The molecule has 3 rings (SSSR count). The van der Waals surface area contributed by atoms with Gasteiger partial charge in [-0.15, -0.1) is 0 Å². The molecule has 0 fully saturated rings. The van der Waals surface area contributed by atoms with Crippen LogP contribution in [0.4, 0.5) is 0 Å². The molecule has 2 heterocycles. The van der Waals surface area contributed by atoms with Crippen LogP contribution in [0.5, 0.6) is 11.5 Å². The number of carboxylic acids is 1. The molecular formula is C20H25N3O5. The summed E-state index contributed by atoms with van der Waals surface area (Å²) in [6.45, 7) is 4.71. The Morgan fingerprint density at radius 2 is 2.14 bits per heavy atom. The van der Waals surface area contributed by atoms with Crippen LogP contribution < -0.4 is 14.8 Å². The van der Waals surface area contributed by atoms with Crippen molar-refractivity contribution in [1.29, 1.82) is 0 Å². The van der Waals surface area contributed by atoms with E-state index in [2.05, 4.69) is 29.1 Å². The number of carbonyl (C=O) groups is 2. The van der Waals surface area contributed by atoms with Crippen LogP contribution in [0.15, 0.2) is 24.7 Å². The Balaban J connectivity index is 1.70. The summed E-state index contributed by atoms with van der Waals surface area (Å²) in [4.78, 5) is 30.8. The Morgan fingerprint density at radius 1 is 1.32 bits per heavy atom. The van der Waals surface area contributed by atoms with Crippen molar-refractivity contribution >= 4 is 11.9 Å². The Kier molecular flexibility index (Phi) is 6.18. The average Bonchev–Trinajstić information content (AvgIpc) is 3.30. The maximum Gasteiger partial charge on any atom is 0.339 e. The molecule has 3 N–H and O–H groups in total. The first-order chi connectivity index (χ1) is 13.4. The molecule has 1 aromatic carbocycles. The number of aromatic carboxylic acids is 1. The molecule has 150 valence electrons. The molecule has 0 radical (unpaired) electrons. The van der Waals surface area contributed by atoms with E-state index in [1.807, 2.05) is 0 Å². The third-order valence-corrected chi connectivity index (χ3v) is 4.65. The molecule has 1 aliphatic rings. The minimum absolute atomic E-state index is 0.0259. The average molecular weight is 387 g/mol. The Hall–Kier alpha value is -3.03. The normalized spacial score (nSPS) is 13.5. The van der Waals surface area contributed by atoms with Gasteiger partial charge in [-0.1, -0.05) is 19.9 Å². The Labute approximate surface area is 163 Å². The van der Waals surface area contributed by atoms with E-state index in [4.69, 9.17) is 9.47 Å². The minimum Gasteiger partial charge on any atom is -0.478 e. The van der Waals surface area contributed by atoms with Crippen molar-refractivity contribution < 1.29 is 24.2 Å². The van der Waals surface area contributed by atoms with Gasteiger partial charge in [0.25, 0.3) is 0 Å². The van der Waals surface area contributed by atoms with Crippen molar-refractivity contribution in [2.24, 2.45) is 11.8 Å². The van der Waals surface area contributed by atoms with Crippen LogP contribution in [0.25, 0.3) is 0 Å². The summed E-state index contributed by atoms with van der Waals surface area (Å²) in [5.41, 5.74) is 1.58. The summed E-state index contributed by atoms with van der Waals surface area (Å²) in [7, 11) is 0. The molecule has 8 heteroatoms. The number of nitrogens with one attached hydrogen (secondary N) is 2. The van der Waals surface area contributed by atoms with Crippen molar-refractivity contribution in [1.82, 2.24) is 15.3 Å². The van der Waals surface area contributed by atoms with Gasteiger partial charge in [0.15, 0.2) is 11.5 Å². The molecule has 1 aromatic heterocycles. The van der Waals surface area contributed by atoms with E-state index < -0.39 is 5.97 Å². The largest absolute Gasteiger partial charge is 0.478 e. The molecule has 0 saturated carbocycles. The predicted molar refractivity (Wildman–Crippen MR) is 101 cm³/mol. The fourth-order valence-electron chi connectivity index (χ4n) is 3.51. The fraction of sp³-hybridized carbons (Fsp3) is 0.450. The summed E-state index contributed by atoms with van der Waals surface area (Å²) in [5, 5.41) is 12.6. The van der Waals surface area contributed by atoms with Gasteiger partial charge in [-0.25, -0.2) is 9.78 Å². The van der Waals surface area contributed by atoms with Gasteiger partial charge in [-0.2, -0.15) is 0 Å². The van der Waals surface area contributed by atoms with E-state index in [0.717, 1.165) is 12.1 Å². The van der Waals surface area contributed by atoms with Gasteiger partial charge in [0.1, 0.15) is 5.56 Å². The number of aromatic amines is 1. The smallest absolute Gasteiger partial charge is 0.339 e. The van der Waals surface area contributed by atoms with Crippen molar-refractivity contribution in [3.63, 3.8) is 0 Å². The maximum atomic E-state index is 12.2. The standard InChI is InChI=1S/C20H25N3O5/c1-12(2)5-13(8-22-17(24)7-15-9-21-10-23-15)6-14-3-4-16-19(28-11-27-16)18(14)20(25)26/h3-4,9-10,12-13H,5-8,11H2,1-2H3,(H,21,23)(H,22,24)(H,25,26)/t13-/m0/s1. The summed E-state index contributed by atoms with van der Waals surface area (Å²) < 4.78 is 10.7. The van der Waals surface area contributed by atoms with Gasteiger partial charge >= 0.3 is 5.97 Å². The van der Waals surface area contributed by atoms with E-state index in [1.165, 1.54) is 6.33 Å². The topological polar surface area (TPSA) is 114 Å². The molecule has 1 atom stereocenters. The molecule has 0 spiro atoms. The lowest BCUT2D eigenvalue weighted by atomic mass is 9.88. The molecular weight excluding hydrogens is 362 g/mol. The van der Waals surface area contributed by atoms with Gasteiger partial charge in [-0.3, -0.25) is 4.79 Å². The second-order valence-corrected chi connectivity index (χ2v) is 7.40. The van der Waals surface area contributed by atoms with Crippen molar-refractivity contribution in [3.8, 4) is 11.5 Å². The second kappa shape index (κ2) is 8.77. The van der Waals surface area contributed by atoms with Crippen LogP contribution in [0, 0.1) is 11.8 Å². The van der Waals surface area contributed by atoms with Crippen LogP contribution in [0.1, 0.15) is 41.9 Å². The number of hydrogen-bond donors (Lipinski definition) is 3. The van der Waals surface area contributed by atoms with E-state index in [0.29, 0.717) is 30.2 Å².